The van der Waals surface area contributed by atoms with Crippen LogP contribution in [0.15, 0.2) is 35.9 Å². The first-order valence-corrected chi connectivity index (χ1v) is 14.8. The summed E-state index contributed by atoms with van der Waals surface area (Å²) < 4.78 is 16.0. The number of carbonyl (C=O) groups is 3. The zero-order chi connectivity index (χ0) is 27.9. The van der Waals surface area contributed by atoms with Gasteiger partial charge in [-0.05, 0) is 110 Å². The maximum Gasteiger partial charge on any atom is 0.338 e. The second-order valence-electron chi connectivity index (χ2n) is 13.0. The Labute approximate surface area is 232 Å². The number of methoxy groups -OCH3 is 2. The molecule has 0 radical (unpaired) electrons. The van der Waals surface area contributed by atoms with Crippen LogP contribution in [0.5, 0.6) is 5.75 Å². The number of hydrogen-bond acceptors (Lipinski definition) is 6. The maximum absolute atomic E-state index is 14.0. The minimum Gasteiger partial charge on any atom is -0.497 e. The van der Waals surface area contributed by atoms with E-state index in [0.29, 0.717) is 53.6 Å². The van der Waals surface area contributed by atoms with Crippen LogP contribution in [-0.4, -0.2) is 38.0 Å². The molecule has 0 amide bonds. The lowest BCUT2D eigenvalue weighted by Gasteiger charge is -2.57. The summed E-state index contributed by atoms with van der Waals surface area (Å²) in [7, 11) is 3.05. The van der Waals surface area contributed by atoms with Crippen molar-refractivity contribution in [3.63, 3.8) is 0 Å². The molecule has 212 valence electrons. The van der Waals surface area contributed by atoms with Gasteiger partial charge in [0.1, 0.15) is 17.6 Å². The fourth-order valence-corrected chi connectivity index (χ4v) is 9.17. The van der Waals surface area contributed by atoms with Gasteiger partial charge in [0.15, 0.2) is 0 Å². The fourth-order valence-electron chi connectivity index (χ4n) is 9.17. The molecule has 1 aromatic rings. The van der Waals surface area contributed by atoms with Gasteiger partial charge in [-0.2, -0.15) is 0 Å². The molecule has 8 atom stereocenters. The molecule has 0 bridgehead atoms. The van der Waals surface area contributed by atoms with Crippen molar-refractivity contribution in [2.75, 3.05) is 14.2 Å². The molecule has 0 unspecified atom stereocenters. The Morgan fingerprint density at radius 1 is 1.05 bits per heavy atom. The first kappa shape index (κ1) is 27.9. The molecule has 3 fully saturated rings. The Bertz CT molecular complexity index is 1140. The highest BCUT2D eigenvalue weighted by molar-refractivity contribution is 5.89. The summed E-state index contributed by atoms with van der Waals surface area (Å²) in [5, 5.41) is 0. The minimum absolute atomic E-state index is 0.0104. The largest absolute Gasteiger partial charge is 0.497 e. The standard InChI is InChI=1S/C33H44O6/c1-20(6-15-29(35)38-5)26-13-14-27-25-12-9-22-18-24(39-31(36)21-7-10-23(37-4)11-8-21)16-17-32(22,2)30(25)28(34)19-33(26,27)3/h7-8,10-11,18,20,24-27,30H,6,9,12-17,19H2,1-5H3/t20-,24+,25+,26-,27+,30-,32+,33-/m1/s1. The normalized spacial score (nSPS) is 36.1. The summed E-state index contributed by atoms with van der Waals surface area (Å²) in [6.45, 7) is 6.92. The number of Topliss-reactive ketones (excluding diaryl/α,β-unsaturated/α-hetero) is 1. The molecule has 0 heterocycles. The highest BCUT2D eigenvalue weighted by atomic mass is 16.5. The van der Waals surface area contributed by atoms with E-state index in [4.69, 9.17) is 14.2 Å². The van der Waals surface area contributed by atoms with Crippen molar-refractivity contribution in [2.24, 2.45) is 40.4 Å². The number of carbonyl (C=O) groups excluding carboxylic acids is 3. The van der Waals surface area contributed by atoms with E-state index in [1.807, 2.05) is 0 Å². The molecular formula is C33H44O6. The number of hydrogen-bond donors (Lipinski definition) is 0. The molecule has 4 aliphatic rings. The topological polar surface area (TPSA) is 78.9 Å². The van der Waals surface area contributed by atoms with Crippen molar-refractivity contribution in [1.29, 1.82) is 0 Å². The van der Waals surface area contributed by atoms with Gasteiger partial charge in [0.05, 0.1) is 19.8 Å². The lowest BCUT2D eigenvalue weighted by atomic mass is 9.46. The number of rotatable bonds is 7. The monoisotopic (exact) mass is 536 g/mol. The summed E-state index contributed by atoms with van der Waals surface area (Å²) in [5.41, 5.74) is 1.68. The van der Waals surface area contributed by atoms with E-state index in [-0.39, 0.29) is 34.8 Å². The third-order valence-corrected chi connectivity index (χ3v) is 11.1. The average Bonchev–Trinajstić information content (AvgIpc) is 3.27. The van der Waals surface area contributed by atoms with Crippen LogP contribution in [0.25, 0.3) is 0 Å². The van der Waals surface area contributed by atoms with E-state index in [1.54, 1.807) is 31.4 Å². The van der Waals surface area contributed by atoms with Gasteiger partial charge in [0.25, 0.3) is 0 Å². The van der Waals surface area contributed by atoms with Crippen molar-refractivity contribution in [3.8, 4) is 5.75 Å². The molecule has 4 aliphatic carbocycles. The fraction of sp³-hybridized carbons (Fsp3) is 0.667. The minimum atomic E-state index is -0.320. The van der Waals surface area contributed by atoms with Gasteiger partial charge in [0, 0.05) is 18.8 Å². The molecule has 39 heavy (non-hydrogen) atoms. The number of fused-ring (bicyclic) bond motifs is 5. The Morgan fingerprint density at radius 2 is 1.79 bits per heavy atom. The van der Waals surface area contributed by atoms with E-state index in [0.717, 1.165) is 38.5 Å². The second-order valence-corrected chi connectivity index (χ2v) is 13.0. The molecular weight excluding hydrogens is 492 g/mol. The number of allylic oxidation sites excluding steroid dienone is 1. The third kappa shape index (κ3) is 4.93. The molecule has 3 saturated carbocycles. The molecule has 1 aromatic carbocycles. The van der Waals surface area contributed by atoms with E-state index in [2.05, 4.69) is 26.8 Å². The van der Waals surface area contributed by atoms with Gasteiger partial charge < -0.3 is 14.2 Å². The summed E-state index contributed by atoms with van der Waals surface area (Å²) in [5.74, 6) is 2.54. The van der Waals surface area contributed by atoms with Crippen LogP contribution in [0.3, 0.4) is 0 Å². The lowest BCUT2D eigenvalue weighted by molar-refractivity contribution is -0.147. The maximum atomic E-state index is 14.0. The molecule has 6 heteroatoms. The number of ketones is 1. The molecule has 0 aromatic heterocycles. The zero-order valence-electron chi connectivity index (χ0n) is 24.2. The molecule has 0 aliphatic heterocycles. The SMILES string of the molecule is COC(=O)CC[C@@H](C)[C@H]1CC[C@H]2[C@@H]3CCC4=C[C@@H](OC(=O)c5ccc(OC)cc5)CC[C@]4(C)[C@H]3C(=O)C[C@]12C. The second kappa shape index (κ2) is 10.7. The molecule has 0 N–H and O–H groups in total. The van der Waals surface area contributed by atoms with E-state index < -0.39 is 0 Å². The number of ether oxygens (including phenoxy) is 3. The van der Waals surface area contributed by atoms with Crippen molar-refractivity contribution in [3.05, 3.63) is 41.5 Å². The van der Waals surface area contributed by atoms with Gasteiger partial charge in [-0.1, -0.05) is 26.3 Å². The summed E-state index contributed by atoms with van der Waals surface area (Å²) in [4.78, 5) is 38.6. The lowest BCUT2D eigenvalue weighted by Crippen LogP contribution is -2.55. The van der Waals surface area contributed by atoms with Crippen molar-refractivity contribution in [2.45, 2.75) is 84.7 Å². The Kier molecular flexibility index (Phi) is 7.69. The zero-order valence-corrected chi connectivity index (χ0v) is 24.2. The average molecular weight is 537 g/mol. The molecule has 6 nitrogen and oxygen atoms in total. The Hall–Kier alpha value is -2.63. The third-order valence-electron chi connectivity index (χ3n) is 11.1. The van der Waals surface area contributed by atoms with E-state index in [9.17, 15) is 14.4 Å². The van der Waals surface area contributed by atoms with Gasteiger partial charge in [-0.3, -0.25) is 9.59 Å². The van der Waals surface area contributed by atoms with Gasteiger partial charge >= 0.3 is 11.9 Å². The smallest absolute Gasteiger partial charge is 0.338 e. The van der Waals surface area contributed by atoms with Crippen molar-refractivity contribution >= 4 is 17.7 Å². The van der Waals surface area contributed by atoms with Crippen LogP contribution in [0.2, 0.25) is 0 Å². The highest BCUT2D eigenvalue weighted by Crippen LogP contribution is 2.66. The molecule has 5 rings (SSSR count). The Balaban J connectivity index is 1.30. The number of esters is 2. The van der Waals surface area contributed by atoms with Crippen molar-refractivity contribution in [1.82, 2.24) is 0 Å². The predicted molar refractivity (Wildman–Crippen MR) is 148 cm³/mol. The summed E-state index contributed by atoms with van der Waals surface area (Å²) >= 11 is 0. The Morgan fingerprint density at radius 3 is 2.49 bits per heavy atom. The highest BCUT2D eigenvalue weighted by Gasteiger charge is 2.62. The van der Waals surface area contributed by atoms with Crippen LogP contribution in [0, 0.1) is 40.4 Å². The quantitative estimate of drug-likeness (QED) is 0.290. The van der Waals surface area contributed by atoms with Crippen LogP contribution in [0.4, 0.5) is 0 Å². The number of benzene rings is 1. The first-order valence-electron chi connectivity index (χ1n) is 14.8. The van der Waals surface area contributed by atoms with Crippen molar-refractivity contribution < 1.29 is 28.6 Å². The molecule has 0 saturated heterocycles. The van der Waals surface area contributed by atoms with Crippen LogP contribution in [-0.2, 0) is 19.1 Å². The van der Waals surface area contributed by atoms with Gasteiger partial charge in [-0.25, -0.2) is 4.79 Å². The van der Waals surface area contributed by atoms with E-state index in [1.165, 1.54) is 19.1 Å². The van der Waals surface area contributed by atoms with Crippen LogP contribution < -0.4 is 4.74 Å². The summed E-state index contributed by atoms with van der Waals surface area (Å²) in [6, 6.07) is 7.00. The van der Waals surface area contributed by atoms with Crippen LogP contribution in [0.1, 0.15) is 88.9 Å². The summed E-state index contributed by atoms with van der Waals surface area (Å²) in [6.07, 6.45) is 9.75. The van der Waals surface area contributed by atoms with Crippen LogP contribution >= 0.6 is 0 Å². The predicted octanol–water partition coefficient (Wildman–Crippen LogP) is 6.57. The van der Waals surface area contributed by atoms with Gasteiger partial charge in [0.2, 0.25) is 0 Å². The van der Waals surface area contributed by atoms with E-state index >= 15 is 0 Å². The molecule has 0 spiro atoms. The van der Waals surface area contributed by atoms with Gasteiger partial charge in [-0.15, -0.1) is 0 Å². The first-order chi connectivity index (χ1) is 18.6.